The third-order valence-electron chi connectivity index (χ3n) is 4.70. The third kappa shape index (κ3) is 2.61. The number of Topliss-reactive ketones (excluding diaryl/α,β-unsaturated/α-hetero) is 1. The second kappa shape index (κ2) is 6.25. The highest BCUT2D eigenvalue weighted by atomic mass is 32.2. The second-order valence-corrected chi connectivity index (χ2v) is 8.08. The highest BCUT2D eigenvalue weighted by Gasteiger charge is 2.39. The van der Waals surface area contributed by atoms with Gasteiger partial charge in [-0.1, -0.05) is 48.5 Å². The molecule has 0 saturated heterocycles. The number of hydrogen-bond acceptors (Lipinski definition) is 4. The smallest absolute Gasteiger partial charge is 0.265 e. The summed E-state index contributed by atoms with van der Waals surface area (Å²) in [6, 6.07) is 18.9. The molecule has 1 aliphatic heterocycles. The van der Waals surface area contributed by atoms with Gasteiger partial charge in [-0.3, -0.25) is 9.10 Å². The van der Waals surface area contributed by atoms with Gasteiger partial charge in [-0.15, -0.1) is 0 Å². The van der Waals surface area contributed by atoms with Crippen LogP contribution in [0.15, 0.2) is 77.3 Å². The Hall–Kier alpha value is -3.12. The van der Waals surface area contributed by atoms with E-state index < -0.39 is 15.8 Å². The summed E-state index contributed by atoms with van der Waals surface area (Å²) in [5, 5.41) is 12.6. The van der Waals surface area contributed by atoms with Crippen LogP contribution in [0.4, 0.5) is 0 Å². The lowest BCUT2D eigenvalue weighted by molar-refractivity contribution is 0.101. The zero-order valence-corrected chi connectivity index (χ0v) is 15.4. The van der Waals surface area contributed by atoms with Crippen LogP contribution in [-0.2, 0) is 10.0 Å². The number of sulfonamides is 1. The Morgan fingerprint density at radius 1 is 0.963 bits per heavy atom. The van der Waals surface area contributed by atoms with E-state index in [1.54, 1.807) is 31.2 Å². The molecule has 0 aliphatic carbocycles. The van der Waals surface area contributed by atoms with Crippen molar-refractivity contribution in [2.75, 3.05) is 6.54 Å². The molecule has 1 heterocycles. The number of allylic oxidation sites excluding steroid dienone is 1. The van der Waals surface area contributed by atoms with Crippen molar-refractivity contribution in [2.24, 2.45) is 0 Å². The Morgan fingerprint density at radius 2 is 1.63 bits per heavy atom. The van der Waals surface area contributed by atoms with Crippen LogP contribution in [0, 0.1) is 0 Å². The summed E-state index contributed by atoms with van der Waals surface area (Å²) in [5.74, 6) is -0.849. The average molecular weight is 379 g/mol. The largest absolute Gasteiger partial charge is 0.505 e. The van der Waals surface area contributed by atoms with Gasteiger partial charge in [0.05, 0.1) is 4.90 Å². The summed E-state index contributed by atoms with van der Waals surface area (Å²) in [7, 11) is -3.92. The number of carbonyl (C=O) groups excluding carboxylic acids is 1. The molecule has 3 aromatic rings. The van der Waals surface area contributed by atoms with Crippen molar-refractivity contribution in [1.29, 1.82) is 0 Å². The maximum absolute atomic E-state index is 13.2. The number of fused-ring (bicyclic) bond motifs is 2. The Balaban J connectivity index is 1.93. The van der Waals surface area contributed by atoms with Crippen LogP contribution in [0.25, 0.3) is 16.5 Å². The SMILES string of the molecule is CCN1C(C(=O)c2ccc3ccccc3c2)=C(O)c2ccccc2S1(=O)=O. The van der Waals surface area contributed by atoms with Crippen molar-refractivity contribution in [2.45, 2.75) is 11.8 Å². The van der Waals surface area contributed by atoms with E-state index >= 15 is 0 Å². The summed E-state index contributed by atoms with van der Waals surface area (Å²) in [6.45, 7) is 1.67. The van der Waals surface area contributed by atoms with Gasteiger partial charge < -0.3 is 5.11 Å². The van der Waals surface area contributed by atoms with Gasteiger partial charge in [0, 0.05) is 17.7 Å². The molecule has 1 N–H and O–H groups in total. The Labute approximate surface area is 157 Å². The predicted octanol–water partition coefficient (Wildman–Crippen LogP) is 3.97. The molecular weight excluding hydrogens is 362 g/mol. The van der Waals surface area contributed by atoms with Crippen LogP contribution in [0.2, 0.25) is 0 Å². The van der Waals surface area contributed by atoms with Crippen LogP contribution in [-0.4, -0.2) is 30.2 Å². The van der Waals surface area contributed by atoms with Crippen LogP contribution < -0.4 is 0 Å². The molecule has 0 spiro atoms. The second-order valence-electron chi connectivity index (χ2n) is 6.25. The van der Waals surface area contributed by atoms with Gasteiger partial charge in [0.1, 0.15) is 5.70 Å². The predicted molar refractivity (Wildman–Crippen MR) is 104 cm³/mol. The van der Waals surface area contributed by atoms with Crippen molar-refractivity contribution in [3.05, 3.63) is 83.6 Å². The van der Waals surface area contributed by atoms with Gasteiger partial charge in [0.2, 0.25) is 5.78 Å². The van der Waals surface area contributed by atoms with Crippen LogP contribution in [0.5, 0.6) is 0 Å². The normalized spacial score (nSPS) is 15.7. The third-order valence-corrected chi connectivity index (χ3v) is 6.63. The lowest BCUT2D eigenvalue weighted by Crippen LogP contribution is -2.37. The Bertz CT molecular complexity index is 1210. The topological polar surface area (TPSA) is 74.7 Å². The maximum atomic E-state index is 13.2. The summed E-state index contributed by atoms with van der Waals surface area (Å²) < 4.78 is 26.9. The molecule has 0 unspecified atom stereocenters. The van der Waals surface area contributed by atoms with Crippen molar-refractivity contribution in [3.8, 4) is 0 Å². The minimum Gasteiger partial charge on any atom is -0.505 e. The quantitative estimate of drug-likeness (QED) is 0.699. The number of hydrogen-bond donors (Lipinski definition) is 1. The number of aliphatic hydroxyl groups is 1. The minimum absolute atomic E-state index is 0.000545. The number of nitrogens with zero attached hydrogens (tertiary/aromatic N) is 1. The van der Waals surface area contributed by atoms with E-state index in [9.17, 15) is 18.3 Å². The van der Waals surface area contributed by atoms with Gasteiger partial charge in [-0.25, -0.2) is 8.42 Å². The van der Waals surface area contributed by atoms with Crippen LogP contribution >= 0.6 is 0 Å². The van der Waals surface area contributed by atoms with Gasteiger partial charge in [-0.05, 0) is 35.9 Å². The highest BCUT2D eigenvalue weighted by Crippen LogP contribution is 2.36. The molecule has 0 saturated carbocycles. The minimum atomic E-state index is -3.92. The molecule has 0 bridgehead atoms. The first-order chi connectivity index (χ1) is 12.9. The average Bonchev–Trinajstić information content (AvgIpc) is 2.69. The first-order valence-electron chi connectivity index (χ1n) is 8.54. The lowest BCUT2D eigenvalue weighted by atomic mass is 10.0. The summed E-state index contributed by atoms with van der Waals surface area (Å²) in [5.41, 5.74) is 0.251. The number of likely N-dealkylation sites (N-methyl/N-ethyl adjacent to an activating group) is 1. The zero-order valence-electron chi connectivity index (χ0n) is 14.6. The van der Waals surface area contributed by atoms with Gasteiger partial charge >= 0.3 is 0 Å². The Morgan fingerprint density at radius 3 is 2.37 bits per heavy atom. The molecule has 6 heteroatoms. The van der Waals surface area contributed by atoms with Crippen molar-refractivity contribution >= 4 is 32.3 Å². The molecule has 136 valence electrons. The van der Waals surface area contributed by atoms with Crippen LogP contribution in [0.3, 0.4) is 0 Å². The fourth-order valence-corrected chi connectivity index (χ4v) is 5.07. The van der Waals surface area contributed by atoms with Gasteiger partial charge in [0.15, 0.2) is 5.76 Å². The van der Waals surface area contributed by atoms with Crippen molar-refractivity contribution in [3.63, 3.8) is 0 Å². The fraction of sp³-hybridized carbons (Fsp3) is 0.0952. The summed E-state index contributed by atoms with van der Waals surface area (Å²) in [4.78, 5) is 13.2. The first kappa shape index (κ1) is 17.3. The monoisotopic (exact) mass is 379 g/mol. The molecule has 0 aromatic heterocycles. The van der Waals surface area contributed by atoms with E-state index in [1.165, 1.54) is 12.1 Å². The van der Waals surface area contributed by atoms with Gasteiger partial charge in [0.25, 0.3) is 10.0 Å². The summed E-state index contributed by atoms with van der Waals surface area (Å²) in [6.07, 6.45) is 0. The van der Waals surface area contributed by atoms with Crippen molar-refractivity contribution in [1.82, 2.24) is 4.31 Å². The fourth-order valence-electron chi connectivity index (χ4n) is 3.39. The molecule has 0 fully saturated rings. The molecule has 5 nitrogen and oxygen atoms in total. The summed E-state index contributed by atoms with van der Waals surface area (Å²) >= 11 is 0. The van der Waals surface area contributed by atoms with E-state index in [0.717, 1.165) is 15.1 Å². The molecule has 1 aliphatic rings. The molecule has 27 heavy (non-hydrogen) atoms. The molecular formula is C21H17NO4S. The van der Waals surface area contributed by atoms with Crippen LogP contribution in [0.1, 0.15) is 22.8 Å². The number of benzene rings is 3. The Kier molecular flexibility index (Phi) is 4.00. The van der Waals surface area contributed by atoms with Crippen molar-refractivity contribution < 1.29 is 18.3 Å². The maximum Gasteiger partial charge on any atom is 0.265 e. The molecule has 0 atom stereocenters. The highest BCUT2D eigenvalue weighted by molar-refractivity contribution is 7.89. The zero-order chi connectivity index (χ0) is 19.2. The number of rotatable bonds is 3. The van der Waals surface area contributed by atoms with E-state index in [4.69, 9.17) is 0 Å². The standard InChI is InChI=1S/C21H17NO4S/c1-2-22-19(21(24)17-9-5-6-10-18(17)27(22,25)26)20(23)16-12-11-14-7-3-4-8-15(14)13-16/h3-13,24H,2H2,1H3. The van der Waals surface area contributed by atoms with Gasteiger partial charge in [-0.2, -0.15) is 0 Å². The molecule has 0 radical (unpaired) electrons. The van der Waals surface area contributed by atoms with E-state index in [-0.39, 0.29) is 28.5 Å². The number of aliphatic hydroxyl groups excluding tert-OH is 1. The molecule has 0 amide bonds. The first-order valence-corrected chi connectivity index (χ1v) is 9.98. The number of ketones is 1. The van der Waals surface area contributed by atoms with E-state index in [1.807, 2.05) is 30.3 Å². The molecule has 3 aromatic carbocycles. The molecule has 4 rings (SSSR count). The lowest BCUT2D eigenvalue weighted by Gasteiger charge is -2.30. The van der Waals surface area contributed by atoms with E-state index in [0.29, 0.717) is 5.56 Å². The van der Waals surface area contributed by atoms with E-state index in [2.05, 4.69) is 0 Å². The number of carbonyl (C=O) groups is 1.